The molecule has 0 aliphatic rings. The van der Waals surface area contributed by atoms with Gasteiger partial charge in [-0.1, -0.05) is 17.4 Å². The van der Waals surface area contributed by atoms with Crippen molar-refractivity contribution in [1.29, 1.82) is 0 Å². The van der Waals surface area contributed by atoms with E-state index in [1.807, 2.05) is 26.0 Å². The summed E-state index contributed by atoms with van der Waals surface area (Å²) in [6, 6.07) is 8.57. The lowest BCUT2D eigenvalue weighted by atomic mass is 10.1. The second-order valence-corrected chi connectivity index (χ2v) is 6.58. The minimum absolute atomic E-state index is 0.305. The summed E-state index contributed by atoms with van der Waals surface area (Å²) in [6.45, 7) is 5.82. The number of anilines is 2. The second-order valence-electron chi connectivity index (χ2n) is 5.58. The van der Waals surface area contributed by atoms with Crippen molar-refractivity contribution in [3.05, 3.63) is 53.0 Å². The summed E-state index contributed by atoms with van der Waals surface area (Å²) >= 11 is 1.30. The van der Waals surface area contributed by atoms with Crippen LogP contribution in [-0.4, -0.2) is 17.5 Å². The Balaban J connectivity index is 2.07. The predicted octanol–water partition coefficient (Wildman–Crippen LogP) is 4.48. The van der Waals surface area contributed by atoms with E-state index in [4.69, 9.17) is 4.84 Å². The van der Waals surface area contributed by atoms with Crippen LogP contribution >= 0.6 is 11.3 Å². The number of hydrogen-bond donors (Lipinski definition) is 2. The number of thiophene rings is 1. The Hall–Kier alpha value is -2.51. The molecule has 130 valence electrons. The van der Waals surface area contributed by atoms with Gasteiger partial charge in [0.1, 0.15) is 15.6 Å². The first-order valence-corrected chi connectivity index (χ1v) is 8.66. The number of pyridine rings is 1. The molecular formula is C18H18FN3O2S. The van der Waals surface area contributed by atoms with Gasteiger partial charge in [0.25, 0.3) is 5.91 Å². The Kier molecular flexibility index (Phi) is 4.96. The maximum Gasteiger partial charge on any atom is 0.278 e. The van der Waals surface area contributed by atoms with E-state index in [0.717, 1.165) is 11.3 Å². The third-order valence-electron chi connectivity index (χ3n) is 3.60. The van der Waals surface area contributed by atoms with Gasteiger partial charge in [-0.25, -0.2) is 14.9 Å². The summed E-state index contributed by atoms with van der Waals surface area (Å²) in [6.07, 6.45) is 0. The van der Waals surface area contributed by atoms with E-state index in [1.165, 1.54) is 17.4 Å². The van der Waals surface area contributed by atoms with E-state index < -0.39 is 5.91 Å². The third-order valence-corrected chi connectivity index (χ3v) is 4.62. The molecule has 0 radical (unpaired) electrons. The first-order chi connectivity index (χ1) is 12.0. The fourth-order valence-electron chi connectivity index (χ4n) is 2.42. The highest BCUT2D eigenvalue weighted by Crippen LogP contribution is 2.37. The van der Waals surface area contributed by atoms with Gasteiger partial charge in [-0.15, -0.1) is 0 Å². The molecule has 1 aromatic carbocycles. The lowest BCUT2D eigenvalue weighted by molar-refractivity contribution is 0.0367. The summed E-state index contributed by atoms with van der Waals surface area (Å²) in [4.78, 5) is 22.7. The van der Waals surface area contributed by atoms with Crippen LogP contribution in [0.4, 0.5) is 15.1 Å². The fraction of sp³-hybridized carbons (Fsp3) is 0.222. The molecular weight excluding hydrogens is 341 g/mol. The van der Waals surface area contributed by atoms with Crippen LogP contribution in [0.1, 0.15) is 28.5 Å². The van der Waals surface area contributed by atoms with E-state index >= 15 is 0 Å². The summed E-state index contributed by atoms with van der Waals surface area (Å²) in [5, 5.41) is 4.24. The monoisotopic (exact) mass is 359 g/mol. The number of aromatic nitrogens is 1. The van der Waals surface area contributed by atoms with Crippen molar-refractivity contribution in [1.82, 2.24) is 10.5 Å². The first kappa shape index (κ1) is 17.3. The number of benzene rings is 1. The van der Waals surface area contributed by atoms with Gasteiger partial charge in [0.15, 0.2) is 0 Å². The predicted molar refractivity (Wildman–Crippen MR) is 97.9 cm³/mol. The van der Waals surface area contributed by atoms with Crippen LogP contribution in [0.3, 0.4) is 0 Å². The van der Waals surface area contributed by atoms with E-state index in [9.17, 15) is 9.18 Å². The van der Waals surface area contributed by atoms with Gasteiger partial charge in [-0.05, 0) is 50.6 Å². The Bertz CT molecular complexity index is 939. The lowest BCUT2D eigenvalue weighted by Crippen LogP contribution is -2.24. The maximum absolute atomic E-state index is 14.2. The second kappa shape index (κ2) is 7.16. The first-order valence-electron chi connectivity index (χ1n) is 7.85. The van der Waals surface area contributed by atoms with Crippen molar-refractivity contribution in [3.63, 3.8) is 0 Å². The van der Waals surface area contributed by atoms with Gasteiger partial charge in [0.2, 0.25) is 0 Å². The van der Waals surface area contributed by atoms with Gasteiger partial charge < -0.3 is 5.32 Å². The molecule has 2 heterocycles. The molecule has 0 spiro atoms. The van der Waals surface area contributed by atoms with Gasteiger partial charge in [0.05, 0.1) is 17.9 Å². The van der Waals surface area contributed by atoms with E-state index in [1.54, 1.807) is 19.1 Å². The summed E-state index contributed by atoms with van der Waals surface area (Å²) in [7, 11) is 0. The zero-order valence-corrected chi connectivity index (χ0v) is 15.0. The number of hydrogen-bond acceptors (Lipinski definition) is 5. The molecule has 2 aromatic heterocycles. The van der Waals surface area contributed by atoms with E-state index in [0.29, 0.717) is 33.1 Å². The summed E-state index contributed by atoms with van der Waals surface area (Å²) in [5.74, 6) is -0.772. The molecule has 0 aliphatic carbocycles. The van der Waals surface area contributed by atoms with Gasteiger partial charge in [-0.3, -0.25) is 9.63 Å². The Labute approximate surface area is 148 Å². The third kappa shape index (κ3) is 3.62. The molecule has 25 heavy (non-hydrogen) atoms. The number of aryl methyl sites for hydroxylation is 2. The zero-order chi connectivity index (χ0) is 18.0. The van der Waals surface area contributed by atoms with Crippen molar-refractivity contribution in [2.75, 3.05) is 11.9 Å². The molecule has 0 aliphatic heterocycles. The average molecular weight is 359 g/mol. The Morgan fingerprint density at radius 2 is 2.08 bits per heavy atom. The molecule has 3 aromatic rings. The van der Waals surface area contributed by atoms with E-state index in [-0.39, 0.29) is 5.82 Å². The van der Waals surface area contributed by atoms with Crippen molar-refractivity contribution >= 4 is 38.1 Å². The summed E-state index contributed by atoms with van der Waals surface area (Å²) < 4.78 is 14.2. The van der Waals surface area contributed by atoms with Crippen molar-refractivity contribution in [3.8, 4) is 0 Å². The Morgan fingerprint density at radius 1 is 1.28 bits per heavy atom. The van der Waals surface area contributed by atoms with E-state index in [2.05, 4.69) is 15.8 Å². The quantitative estimate of drug-likeness (QED) is 0.660. The molecule has 7 heteroatoms. The SMILES string of the molecule is CCONC(=O)c1c(Nc2ccc(C)cc2F)sc2nc(C)ccc12. The highest BCUT2D eigenvalue weighted by atomic mass is 32.1. The molecule has 0 bridgehead atoms. The molecule has 0 fully saturated rings. The standard InChI is InChI=1S/C18H18FN3O2S/c1-4-24-22-16(23)15-12-7-6-11(3)20-17(12)25-18(15)21-14-8-5-10(2)9-13(14)19/h5-9,21H,4H2,1-3H3,(H,22,23). The van der Waals surface area contributed by atoms with Gasteiger partial charge in [0, 0.05) is 11.1 Å². The van der Waals surface area contributed by atoms with Gasteiger partial charge >= 0.3 is 0 Å². The number of carbonyl (C=O) groups is 1. The summed E-state index contributed by atoms with van der Waals surface area (Å²) in [5.41, 5.74) is 4.76. The van der Waals surface area contributed by atoms with Gasteiger partial charge in [-0.2, -0.15) is 0 Å². The van der Waals surface area contributed by atoms with Crippen molar-refractivity contribution in [2.24, 2.45) is 0 Å². The lowest BCUT2D eigenvalue weighted by Gasteiger charge is -2.09. The molecule has 1 amide bonds. The van der Waals surface area contributed by atoms with Crippen LogP contribution in [-0.2, 0) is 4.84 Å². The average Bonchev–Trinajstić information content (AvgIpc) is 2.92. The van der Waals surface area contributed by atoms with Crippen LogP contribution < -0.4 is 10.8 Å². The minimum atomic E-state index is -0.395. The van der Waals surface area contributed by atoms with Crippen LogP contribution in [0.5, 0.6) is 0 Å². The number of rotatable bonds is 5. The van der Waals surface area contributed by atoms with Crippen LogP contribution in [0.2, 0.25) is 0 Å². The zero-order valence-electron chi connectivity index (χ0n) is 14.1. The number of hydroxylamine groups is 1. The topological polar surface area (TPSA) is 63.2 Å². The van der Waals surface area contributed by atoms with Crippen LogP contribution in [0, 0.1) is 19.7 Å². The van der Waals surface area contributed by atoms with Crippen molar-refractivity contribution in [2.45, 2.75) is 20.8 Å². The molecule has 5 nitrogen and oxygen atoms in total. The number of halogens is 1. The number of nitrogens with zero attached hydrogens (tertiary/aromatic N) is 1. The highest BCUT2D eigenvalue weighted by Gasteiger charge is 2.21. The largest absolute Gasteiger partial charge is 0.344 e. The molecule has 0 saturated heterocycles. The molecule has 0 saturated carbocycles. The maximum atomic E-state index is 14.2. The number of nitrogens with one attached hydrogen (secondary N) is 2. The smallest absolute Gasteiger partial charge is 0.278 e. The Morgan fingerprint density at radius 3 is 2.80 bits per heavy atom. The van der Waals surface area contributed by atoms with Crippen LogP contribution in [0.15, 0.2) is 30.3 Å². The molecule has 3 rings (SSSR count). The van der Waals surface area contributed by atoms with Crippen LogP contribution in [0.25, 0.3) is 10.2 Å². The molecule has 0 unspecified atom stereocenters. The minimum Gasteiger partial charge on any atom is -0.344 e. The normalized spacial score (nSPS) is 10.9. The number of carbonyl (C=O) groups excluding carboxylic acids is 1. The fourth-order valence-corrected chi connectivity index (χ4v) is 3.55. The molecule has 2 N–H and O–H groups in total. The number of fused-ring (bicyclic) bond motifs is 1. The number of amides is 1. The molecule has 0 atom stereocenters. The highest BCUT2D eigenvalue weighted by molar-refractivity contribution is 7.23. The van der Waals surface area contributed by atoms with Crippen molar-refractivity contribution < 1.29 is 14.0 Å².